The lowest BCUT2D eigenvalue weighted by Gasteiger charge is -2.28. The summed E-state index contributed by atoms with van der Waals surface area (Å²) in [7, 11) is 0. The number of anilines is 1. The first-order valence-corrected chi connectivity index (χ1v) is 11.0. The number of hydrogen-bond acceptors (Lipinski definition) is 7. The van der Waals surface area contributed by atoms with Gasteiger partial charge in [-0.1, -0.05) is 17.8 Å². The van der Waals surface area contributed by atoms with Gasteiger partial charge in [0.1, 0.15) is 5.82 Å². The molecule has 1 N–H and O–H groups in total. The van der Waals surface area contributed by atoms with Crippen molar-refractivity contribution >= 4 is 23.6 Å². The molecule has 0 spiro atoms. The van der Waals surface area contributed by atoms with Gasteiger partial charge in [-0.05, 0) is 38.5 Å². The average Bonchev–Trinajstić information content (AvgIpc) is 3.17. The summed E-state index contributed by atoms with van der Waals surface area (Å²) >= 11 is 1.30. The predicted molar refractivity (Wildman–Crippen MR) is 114 cm³/mol. The zero-order valence-electron chi connectivity index (χ0n) is 17.3. The molecule has 1 fully saturated rings. The fourth-order valence-electron chi connectivity index (χ4n) is 3.03. The molecule has 2 aromatic rings. The number of benzene rings is 1. The molecule has 1 saturated heterocycles. The molecule has 1 aliphatic rings. The first kappa shape index (κ1) is 22.5. The van der Waals surface area contributed by atoms with E-state index in [0.29, 0.717) is 62.9 Å². The summed E-state index contributed by atoms with van der Waals surface area (Å²) in [4.78, 5) is 14.5. The molecule has 1 atom stereocenters. The quantitative estimate of drug-likeness (QED) is 0.451. The standard InChI is InChI=1S/C20H28FN5O3S/c1-3-28-11-5-8-22-18(27)15(2)30-20-24-23-19(25-9-12-29-13-10-25)26(20)17-7-4-6-16(21)14-17/h4,6-7,14-15H,3,5,8-13H2,1-2H3,(H,22,27). The number of hydrogen-bond donors (Lipinski definition) is 1. The number of carbonyl (C=O) groups is 1. The van der Waals surface area contributed by atoms with Crippen LogP contribution in [0.25, 0.3) is 5.69 Å². The summed E-state index contributed by atoms with van der Waals surface area (Å²) in [6.45, 7) is 8.15. The van der Waals surface area contributed by atoms with Gasteiger partial charge in [0.25, 0.3) is 0 Å². The van der Waals surface area contributed by atoms with E-state index in [-0.39, 0.29) is 17.0 Å². The van der Waals surface area contributed by atoms with E-state index in [4.69, 9.17) is 9.47 Å². The smallest absolute Gasteiger partial charge is 0.233 e. The Hall–Kier alpha value is -2.17. The van der Waals surface area contributed by atoms with E-state index in [1.807, 2.05) is 13.8 Å². The van der Waals surface area contributed by atoms with E-state index in [0.717, 1.165) is 6.42 Å². The van der Waals surface area contributed by atoms with Crippen molar-refractivity contribution in [2.45, 2.75) is 30.7 Å². The molecule has 0 saturated carbocycles. The van der Waals surface area contributed by atoms with Crippen molar-refractivity contribution in [2.24, 2.45) is 0 Å². The summed E-state index contributed by atoms with van der Waals surface area (Å²) in [5.41, 5.74) is 0.619. The maximum atomic E-state index is 13.9. The molecule has 0 aliphatic carbocycles. The Morgan fingerprint density at radius 2 is 2.17 bits per heavy atom. The van der Waals surface area contributed by atoms with Crippen molar-refractivity contribution in [1.82, 2.24) is 20.1 Å². The van der Waals surface area contributed by atoms with E-state index in [1.54, 1.807) is 16.7 Å². The number of thioether (sulfide) groups is 1. The second-order valence-corrected chi connectivity index (χ2v) is 8.11. The van der Waals surface area contributed by atoms with Crippen molar-refractivity contribution in [2.75, 3.05) is 51.0 Å². The number of rotatable bonds is 10. The Bertz CT molecular complexity index is 829. The number of carbonyl (C=O) groups excluding carboxylic acids is 1. The van der Waals surface area contributed by atoms with Gasteiger partial charge in [0.2, 0.25) is 11.9 Å². The van der Waals surface area contributed by atoms with Gasteiger partial charge in [-0.15, -0.1) is 10.2 Å². The highest BCUT2D eigenvalue weighted by atomic mass is 32.2. The second kappa shape index (κ2) is 11.3. The third-order valence-electron chi connectivity index (χ3n) is 4.60. The van der Waals surface area contributed by atoms with Gasteiger partial charge >= 0.3 is 0 Å². The topological polar surface area (TPSA) is 81.5 Å². The monoisotopic (exact) mass is 437 g/mol. The lowest BCUT2D eigenvalue weighted by atomic mass is 10.3. The Morgan fingerprint density at radius 3 is 2.90 bits per heavy atom. The van der Waals surface area contributed by atoms with Gasteiger partial charge in [-0.3, -0.25) is 9.36 Å². The number of halogens is 1. The number of amides is 1. The van der Waals surface area contributed by atoms with Crippen LogP contribution in [0.5, 0.6) is 0 Å². The van der Waals surface area contributed by atoms with E-state index < -0.39 is 0 Å². The van der Waals surface area contributed by atoms with Gasteiger partial charge in [-0.2, -0.15) is 0 Å². The third kappa shape index (κ3) is 5.93. The molecule has 1 aromatic heterocycles. The van der Waals surface area contributed by atoms with Crippen LogP contribution in [0.1, 0.15) is 20.3 Å². The largest absolute Gasteiger partial charge is 0.382 e. The van der Waals surface area contributed by atoms with Crippen molar-refractivity contribution in [3.8, 4) is 5.69 Å². The maximum absolute atomic E-state index is 13.9. The van der Waals surface area contributed by atoms with Crippen LogP contribution in [0.15, 0.2) is 29.4 Å². The minimum atomic E-state index is -0.383. The molecule has 0 bridgehead atoms. The molecular formula is C20H28FN5O3S. The Labute approximate surface area is 180 Å². The van der Waals surface area contributed by atoms with Gasteiger partial charge in [0, 0.05) is 32.8 Å². The normalized spacial score (nSPS) is 15.2. The Kier molecular flexibility index (Phi) is 8.47. The molecule has 0 radical (unpaired) electrons. The lowest BCUT2D eigenvalue weighted by Crippen LogP contribution is -2.38. The molecule has 164 valence electrons. The van der Waals surface area contributed by atoms with Crippen LogP contribution in [0.2, 0.25) is 0 Å². The Balaban J connectivity index is 1.75. The molecular weight excluding hydrogens is 409 g/mol. The van der Waals surface area contributed by atoms with E-state index in [1.165, 1.54) is 23.9 Å². The molecule has 1 aromatic carbocycles. The zero-order valence-corrected chi connectivity index (χ0v) is 18.2. The van der Waals surface area contributed by atoms with Crippen LogP contribution in [0.4, 0.5) is 10.3 Å². The highest BCUT2D eigenvalue weighted by Gasteiger charge is 2.25. The summed E-state index contributed by atoms with van der Waals surface area (Å²) < 4.78 is 26.4. The van der Waals surface area contributed by atoms with E-state index in [9.17, 15) is 9.18 Å². The molecule has 1 aliphatic heterocycles. The predicted octanol–water partition coefficient (Wildman–Crippen LogP) is 2.27. The van der Waals surface area contributed by atoms with E-state index in [2.05, 4.69) is 20.4 Å². The molecule has 3 rings (SSSR count). The van der Waals surface area contributed by atoms with Crippen LogP contribution in [-0.4, -0.2) is 72.0 Å². The van der Waals surface area contributed by atoms with Crippen LogP contribution in [-0.2, 0) is 14.3 Å². The van der Waals surface area contributed by atoms with Crippen molar-refractivity contribution < 1.29 is 18.7 Å². The number of ether oxygens (including phenoxy) is 2. The summed E-state index contributed by atoms with van der Waals surface area (Å²) in [6.07, 6.45) is 0.762. The summed E-state index contributed by atoms with van der Waals surface area (Å²) in [5, 5.41) is 11.7. The van der Waals surface area contributed by atoms with Crippen molar-refractivity contribution in [3.05, 3.63) is 30.1 Å². The van der Waals surface area contributed by atoms with Gasteiger partial charge in [0.15, 0.2) is 5.16 Å². The number of morpholine rings is 1. The second-order valence-electron chi connectivity index (χ2n) is 6.80. The molecule has 1 unspecified atom stereocenters. The van der Waals surface area contributed by atoms with Gasteiger partial charge < -0.3 is 19.7 Å². The van der Waals surface area contributed by atoms with E-state index >= 15 is 0 Å². The molecule has 2 heterocycles. The molecule has 1 amide bonds. The highest BCUT2D eigenvalue weighted by molar-refractivity contribution is 8.00. The SMILES string of the molecule is CCOCCCNC(=O)C(C)Sc1nnc(N2CCOCC2)n1-c1cccc(F)c1. The summed E-state index contributed by atoms with van der Waals surface area (Å²) in [5.74, 6) is 0.194. The molecule has 8 nitrogen and oxygen atoms in total. The zero-order chi connectivity index (χ0) is 21.3. The highest BCUT2D eigenvalue weighted by Crippen LogP contribution is 2.30. The Morgan fingerprint density at radius 1 is 1.37 bits per heavy atom. The third-order valence-corrected chi connectivity index (χ3v) is 5.64. The first-order chi connectivity index (χ1) is 14.6. The van der Waals surface area contributed by atoms with Crippen LogP contribution >= 0.6 is 11.8 Å². The van der Waals surface area contributed by atoms with Crippen molar-refractivity contribution in [1.29, 1.82) is 0 Å². The minimum Gasteiger partial charge on any atom is -0.382 e. The number of nitrogens with one attached hydrogen (secondary N) is 1. The lowest BCUT2D eigenvalue weighted by molar-refractivity contribution is -0.120. The number of aromatic nitrogens is 3. The first-order valence-electron chi connectivity index (χ1n) is 10.2. The van der Waals surface area contributed by atoms with Crippen LogP contribution < -0.4 is 10.2 Å². The fraction of sp³-hybridized carbons (Fsp3) is 0.550. The van der Waals surface area contributed by atoms with Crippen LogP contribution in [0.3, 0.4) is 0 Å². The van der Waals surface area contributed by atoms with Gasteiger partial charge in [0.05, 0.1) is 24.2 Å². The fourth-order valence-corrected chi connectivity index (χ4v) is 3.92. The van der Waals surface area contributed by atoms with Gasteiger partial charge in [-0.25, -0.2) is 4.39 Å². The van der Waals surface area contributed by atoms with Crippen molar-refractivity contribution in [3.63, 3.8) is 0 Å². The molecule has 10 heteroatoms. The minimum absolute atomic E-state index is 0.0850. The maximum Gasteiger partial charge on any atom is 0.233 e. The number of nitrogens with zero attached hydrogens (tertiary/aromatic N) is 4. The van der Waals surface area contributed by atoms with Crippen LogP contribution in [0, 0.1) is 5.82 Å². The molecule has 30 heavy (non-hydrogen) atoms. The average molecular weight is 438 g/mol. The summed E-state index contributed by atoms with van der Waals surface area (Å²) in [6, 6.07) is 6.29.